The molecule has 98 valence electrons. The number of hydrogen-bond donors (Lipinski definition) is 2. The second-order valence-corrected chi connectivity index (χ2v) is 4.19. The molecular formula is C11H21N3O3. The van der Waals surface area contributed by atoms with Gasteiger partial charge in [0.05, 0.1) is 6.54 Å². The molecule has 0 atom stereocenters. The molecule has 0 aliphatic carbocycles. The molecule has 1 fully saturated rings. The van der Waals surface area contributed by atoms with E-state index >= 15 is 0 Å². The molecule has 0 bridgehead atoms. The fourth-order valence-corrected chi connectivity index (χ4v) is 1.93. The molecule has 2 N–H and O–H groups in total. The summed E-state index contributed by atoms with van der Waals surface area (Å²) in [6.07, 6.45) is 1.62. The second kappa shape index (κ2) is 7.24. The SMILES string of the molecule is CNCC(=O)NC1CCN(C(=O)COC)CC1. The van der Waals surface area contributed by atoms with E-state index in [1.165, 1.54) is 7.11 Å². The topological polar surface area (TPSA) is 70.7 Å². The quantitative estimate of drug-likeness (QED) is 0.647. The zero-order chi connectivity index (χ0) is 12.7. The van der Waals surface area contributed by atoms with E-state index in [9.17, 15) is 9.59 Å². The van der Waals surface area contributed by atoms with Gasteiger partial charge in [-0.3, -0.25) is 9.59 Å². The van der Waals surface area contributed by atoms with Crippen LogP contribution in [0.2, 0.25) is 0 Å². The fraction of sp³-hybridized carbons (Fsp3) is 0.818. The van der Waals surface area contributed by atoms with Gasteiger partial charge in [-0.1, -0.05) is 0 Å². The normalized spacial score (nSPS) is 16.9. The third-order valence-electron chi connectivity index (χ3n) is 2.82. The first-order chi connectivity index (χ1) is 8.17. The van der Waals surface area contributed by atoms with Gasteiger partial charge in [-0.2, -0.15) is 0 Å². The van der Waals surface area contributed by atoms with Crippen LogP contribution in [0.4, 0.5) is 0 Å². The Hall–Kier alpha value is -1.14. The summed E-state index contributed by atoms with van der Waals surface area (Å²) in [6.45, 7) is 1.85. The van der Waals surface area contributed by atoms with Gasteiger partial charge in [0.1, 0.15) is 6.61 Å². The smallest absolute Gasteiger partial charge is 0.248 e. The first-order valence-corrected chi connectivity index (χ1v) is 5.88. The highest BCUT2D eigenvalue weighted by Crippen LogP contribution is 2.10. The molecule has 0 saturated carbocycles. The molecule has 0 radical (unpaired) electrons. The lowest BCUT2D eigenvalue weighted by molar-refractivity contribution is -0.136. The van der Waals surface area contributed by atoms with E-state index in [0.717, 1.165) is 12.8 Å². The van der Waals surface area contributed by atoms with Gasteiger partial charge in [0.25, 0.3) is 0 Å². The van der Waals surface area contributed by atoms with Crippen molar-refractivity contribution >= 4 is 11.8 Å². The third-order valence-corrected chi connectivity index (χ3v) is 2.82. The number of ether oxygens (including phenoxy) is 1. The Morgan fingerprint density at radius 1 is 1.35 bits per heavy atom. The monoisotopic (exact) mass is 243 g/mol. The lowest BCUT2D eigenvalue weighted by atomic mass is 10.0. The van der Waals surface area contributed by atoms with Crippen molar-refractivity contribution in [1.29, 1.82) is 0 Å². The average molecular weight is 243 g/mol. The van der Waals surface area contributed by atoms with Gasteiger partial charge >= 0.3 is 0 Å². The Morgan fingerprint density at radius 2 is 2.00 bits per heavy atom. The van der Waals surface area contributed by atoms with Crippen LogP contribution in [0.1, 0.15) is 12.8 Å². The molecule has 0 aromatic heterocycles. The molecule has 2 amide bonds. The maximum atomic E-state index is 11.5. The van der Waals surface area contributed by atoms with E-state index in [0.29, 0.717) is 19.6 Å². The largest absolute Gasteiger partial charge is 0.375 e. The zero-order valence-electron chi connectivity index (χ0n) is 10.5. The van der Waals surface area contributed by atoms with Gasteiger partial charge in [0, 0.05) is 26.2 Å². The number of piperidine rings is 1. The molecule has 1 heterocycles. The lowest BCUT2D eigenvalue weighted by Crippen LogP contribution is -2.48. The van der Waals surface area contributed by atoms with Crippen molar-refractivity contribution in [3.63, 3.8) is 0 Å². The Morgan fingerprint density at radius 3 is 2.53 bits per heavy atom. The molecule has 0 aromatic rings. The first kappa shape index (κ1) is 13.9. The molecule has 1 saturated heterocycles. The summed E-state index contributed by atoms with van der Waals surface area (Å²) in [7, 11) is 3.26. The van der Waals surface area contributed by atoms with E-state index in [-0.39, 0.29) is 24.5 Å². The summed E-state index contributed by atoms with van der Waals surface area (Å²) in [5.41, 5.74) is 0. The number of likely N-dealkylation sites (tertiary alicyclic amines) is 1. The number of methoxy groups -OCH3 is 1. The van der Waals surface area contributed by atoms with Crippen molar-refractivity contribution in [1.82, 2.24) is 15.5 Å². The predicted octanol–water partition coefficient (Wildman–Crippen LogP) is -1.04. The maximum Gasteiger partial charge on any atom is 0.248 e. The number of carbonyl (C=O) groups is 2. The van der Waals surface area contributed by atoms with Gasteiger partial charge in [0.2, 0.25) is 11.8 Å². The second-order valence-electron chi connectivity index (χ2n) is 4.19. The number of rotatable bonds is 5. The zero-order valence-corrected chi connectivity index (χ0v) is 10.5. The van der Waals surface area contributed by atoms with Crippen molar-refractivity contribution < 1.29 is 14.3 Å². The van der Waals surface area contributed by atoms with Crippen molar-refractivity contribution in [3.05, 3.63) is 0 Å². The van der Waals surface area contributed by atoms with Crippen LogP contribution in [0, 0.1) is 0 Å². The maximum absolute atomic E-state index is 11.5. The number of hydrogen-bond acceptors (Lipinski definition) is 4. The van der Waals surface area contributed by atoms with Crippen LogP contribution in [0.3, 0.4) is 0 Å². The molecule has 6 heteroatoms. The molecule has 1 rings (SSSR count). The van der Waals surface area contributed by atoms with E-state index in [4.69, 9.17) is 4.74 Å². The summed E-state index contributed by atoms with van der Waals surface area (Å²) in [5, 5.41) is 5.75. The lowest BCUT2D eigenvalue weighted by Gasteiger charge is -2.32. The van der Waals surface area contributed by atoms with E-state index in [1.54, 1.807) is 11.9 Å². The first-order valence-electron chi connectivity index (χ1n) is 5.88. The minimum Gasteiger partial charge on any atom is -0.375 e. The standard InChI is InChI=1S/C11H21N3O3/c1-12-7-10(15)13-9-3-5-14(6-4-9)11(16)8-17-2/h9,12H,3-8H2,1-2H3,(H,13,15). The van der Waals surface area contributed by atoms with Gasteiger partial charge in [-0.15, -0.1) is 0 Å². The molecule has 0 unspecified atom stereocenters. The number of amides is 2. The summed E-state index contributed by atoms with van der Waals surface area (Å²) in [5.74, 6) is 0.0293. The molecule has 1 aliphatic heterocycles. The highest BCUT2D eigenvalue weighted by molar-refractivity contribution is 5.79. The van der Waals surface area contributed by atoms with Crippen LogP contribution >= 0.6 is 0 Å². The molecule has 0 spiro atoms. The highest BCUT2D eigenvalue weighted by Gasteiger charge is 2.23. The number of nitrogens with one attached hydrogen (secondary N) is 2. The Kier molecular flexibility index (Phi) is 5.93. The van der Waals surface area contributed by atoms with Crippen LogP contribution in [0.25, 0.3) is 0 Å². The molecular weight excluding hydrogens is 222 g/mol. The highest BCUT2D eigenvalue weighted by atomic mass is 16.5. The van der Waals surface area contributed by atoms with Crippen LogP contribution in [0.15, 0.2) is 0 Å². The molecule has 17 heavy (non-hydrogen) atoms. The third kappa shape index (κ3) is 4.70. The van der Waals surface area contributed by atoms with Crippen LogP contribution in [-0.4, -0.2) is 63.2 Å². The fourth-order valence-electron chi connectivity index (χ4n) is 1.93. The number of nitrogens with zero attached hydrogens (tertiary/aromatic N) is 1. The summed E-state index contributed by atoms with van der Waals surface area (Å²) in [6, 6.07) is 0.183. The van der Waals surface area contributed by atoms with Crippen molar-refractivity contribution in [2.75, 3.05) is 40.4 Å². The van der Waals surface area contributed by atoms with Crippen molar-refractivity contribution in [3.8, 4) is 0 Å². The van der Waals surface area contributed by atoms with Gasteiger partial charge in [0.15, 0.2) is 0 Å². The van der Waals surface area contributed by atoms with Crippen molar-refractivity contribution in [2.24, 2.45) is 0 Å². The number of carbonyl (C=O) groups excluding carboxylic acids is 2. The summed E-state index contributed by atoms with van der Waals surface area (Å²) < 4.78 is 4.81. The van der Waals surface area contributed by atoms with Crippen LogP contribution in [0.5, 0.6) is 0 Å². The predicted molar refractivity (Wildman–Crippen MR) is 63.5 cm³/mol. The minimum atomic E-state index is 0.00849. The van der Waals surface area contributed by atoms with Gasteiger partial charge in [-0.05, 0) is 19.9 Å². The number of likely N-dealkylation sites (N-methyl/N-ethyl adjacent to an activating group) is 1. The van der Waals surface area contributed by atoms with E-state index < -0.39 is 0 Å². The Balaban J connectivity index is 2.26. The Bertz CT molecular complexity index is 263. The molecule has 0 aromatic carbocycles. The van der Waals surface area contributed by atoms with Gasteiger partial charge in [-0.25, -0.2) is 0 Å². The summed E-state index contributed by atoms with van der Waals surface area (Å²) >= 11 is 0. The van der Waals surface area contributed by atoms with Gasteiger partial charge < -0.3 is 20.3 Å². The van der Waals surface area contributed by atoms with Crippen LogP contribution in [-0.2, 0) is 14.3 Å². The molecule has 1 aliphatic rings. The minimum absolute atomic E-state index is 0.00849. The summed E-state index contributed by atoms with van der Waals surface area (Å²) in [4.78, 5) is 24.7. The molecule has 6 nitrogen and oxygen atoms in total. The van der Waals surface area contributed by atoms with Crippen molar-refractivity contribution in [2.45, 2.75) is 18.9 Å². The van der Waals surface area contributed by atoms with E-state index in [2.05, 4.69) is 10.6 Å². The van der Waals surface area contributed by atoms with Crippen LogP contribution < -0.4 is 10.6 Å². The van der Waals surface area contributed by atoms with E-state index in [1.807, 2.05) is 0 Å². The Labute approximate surface area is 102 Å². The average Bonchev–Trinajstić information content (AvgIpc) is 2.30.